The lowest BCUT2D eigenvalue weighted by Gasteiger charge is -2.30. The number of hydrogen-bond donors (Lipinski definition) is 0. The van der Waals surface area contributed by atoms with Gasteiger partial charge >= 0.3 is 0 Å². The Kier molecular flexibility index (Phi) is 0.893. The van der Waals surface area contributed by atoms with E-state index in [-0.39, 0.29) is 0 Å². The molecule has 2 rings (SSSR count). The molecule has 0 aromatic carbocycles. The molecule has 0 spiro atoms. The second-order valence-electron chi connectivity index (χ2n) is 2.10. The van der Waals surface area contributed by atoms with Gasteiger partial charge in [0.25, 0.3) is 0 Å². The highest BCUT2D eigenvalue weighted by atomic mass is 16.5. The summed E-state index contributed by atoms with van der Waals surface area (Å²) < 4.78 is -0.594. The molecular formula is C6H5N3O. The van der Waals surface area contributed by atoms with Crippen LogP contribution in [0.2, 0.25) is 0 Å². The van der Waals surface area contributed by atoms with Crippen molar-refractivity contribution in [1.29, 1.82) is 0 Å². The quantitative estimate of drug-likeness (QED) is 0.357. The van der Waals surface area contributed by atoms with E-state index in [1.165, 1.54) is 31.2 Å². The van der Waals surface area contributed by atoms with Gasteiger partial charge in [0.05, 0.1) is 18.6 Å². The Balaban J connectivity index is 2.51. The highest BCUT2D eigenvalue weighted by molar-refractivity contribution is 5.81. The first-order valence-corrected chi connectivity index (χ1v) is 2.87. The molecule has 50 valence electrons. The molecule has 10 heavy (non-hydrogen) atoms. The molecule has 0 amide bonds. The average Bonchev–Trinajstić information content (AvgIpc) is 2.29. The molecule has 2 aliphatic rings. The van der Waals surface area contributed by atoms with Gasteiger partial charge in [-0.25, -0.2) is 4.99 Å². The van der Waals surface area contributed by atoms with Crippen LogP contribution in [0.15, 0.2) is 34.3 Å². The number of aliphatic imine (C=N–C) groups is 2. The third-order valence-electron chi connectivity index (χ3n) is 1.43. The first kappa shape index (κ1) is 5.52. The summed E-state index contributed by atoms with van der Waals surface area (Å²) in [5, 5.41) is 11.4. The van der Waals surface area contributed by atoms with Gasteiger partial charge in [-0.1, -0.05) is 0 Å². The fourth-order valence-corrected chi connectivity index (χ4v) is 0.871. The van der Waals surface area contributed by atoms with E-state index in [1.54, 1.807) is 0 Å². The van der Waals surface area contributed by atoms with Gasteiger partial charge in [0.1, 0.15) is 6.20 Å². The summed E-state index contributed by atoms with van der Waals surface area (Å²) in [6.45, 7) is 0. The number of nitrogens with zero attached hydrogens (tertiary/aromatic N) is 3. The standard InChI is InChI=1S/C6H5N3O/c10-9-2-1-7-3-6(9)4-8-5-9/h1-5H. The van der Waals surface area contributed by atoms with Crippen molar-refractivity contribution >= 4 is 12.6 Å². The topological polar surface area (TPSA) is 47.8 Å². The molecule has 0 radical (unpaired) electrons. The van der Waals surface area contributed by atoms with E-state index in [1.807, 2.05) is 0 Å². The van der Waals surface area contributed by atoms with Crippen LogP contribution >= 0.6 is 0 Å². The molecule has 0 aromatic heterocycles. The smallest absolute Gasteiger partial charge is 0.200 e. The Morgan fingerprint density at radius 1 is 1.40 bits per heavy atom. The van der Waals surface area contributed by atoms with E-state index in [0.717, 1.165) is 0 Å². The van der Waals surface area contributed by atoms with Crippen LogP contribution in [0, 0.1) is 5.21 Å². The number of allylic oxidation sites excluding steroid dienone is 1. The van der Waals surface area contributed by atoms with Gasteiger partial charge < -0.3 is 5.21 Å². The summed E-state index contributed by atoms with van der Waals surface area (Å²) in [4.78, 5) is 7.53. The molecular weight excluding hydrogens is 130 g/mol. The number of quaternary nitrogens is 1. The number of hydroxylamine groups is 3. The van der Waals surface area contributed by atoms with Crippen LogP contribution in [0.4, 0.5) is 0 Å². The molecule has 2 aliphatic heterocycles. The van der Waals surface area contributed by atoms with Crippen LogP contribution in [0.25, 0.3) is 0 Å². The first-order valence-electron chi connectivity index (χ1n) is 2.87. The Morgan fingerprint density at radius 3 is 3.10 bits per heavy atom. The molecule has 4 nitrogen and oxygen atoms in total. The summed E-state index contributed by atoms with van der Waals surface area (Å²) in [6, 6.07) is 0. The predicted octanol–water partition coefficient (Wildman–Crippen LogP) is 0.740. The molecule has 0 fully saturated rings. The Hall–Kier alpha value is -1.26. The van der Waals surface area contributed by atoms with E-state index in [0.29, 0.717) is 5.70 Å². The van der Waals surface area contributed by atoms with Crippen LogP contribution in [-0.2, 0) is 0 Å². The highest BCUT2D eigenvalue weighted by Gasteiger charge is 2.23. The van der Waals surface area contributed by atoms with Crippen molar-refractivity contribution in [2.75, 3.05) is 0 Å². The second-order valence-corrected chi connectivity index (χ2v) is 2.10. The SMILES string of the molecule is [O-][N+]12C=CN=CC1=CN=C2. The Morgan fingerprint density at radius 2 is 2.30 bits per heavy atom. The van der Waals surface area contributed by atoms with Crippen LogP contribution in [0.3, 0.4) is 0 Å². The zero-order valence-electron chi connectivity index (χ0n) is 5.14. The van der Waals surface area contributed by atoms with Crippen molar-refractivity contribution in [2.45, 2.75) is 0 Å². The number of rotatable bonds is 0. The van der Waals surface area contributed by atoms with E-state index in [4.69, 9.17) is 0 Å². The molecule has 2 heterocycles. The largest absolute Gasteiger partial charge is 0.616 e. The minimum absolute atomic E-state index is 0.558. The molecule has 0 bridgehead atoms. The maximum absolute atomic E-state index is 11.4. The lowest BCUT2D eigenvalue weighted by atomic mass is 10.4. The summed E-state index contributed by atoms with van der Waals surface area (Å²) >= 11 is 0. The average molecular weight is 135 g/mol. The molecule has 0 saturated heterocycles. The van der Waals surface area contributed by atoms with E-state index in [2.05, 4.69) is 9.98 Å². The van der Waals surface area contributed by atoms with Crippen molar-refractivity contribution in [1.82, 2.24) is 0 Å². The van der Waals surface area contributed by atoms with Crippen LogP contribution < -0.4 is 0 Å². The Labute approximate surface area is 57.7 Å². The van der Waals surface area contributed by atoms with E-state index >= 15 is 0 Å². The second kappa shape index (κ2) is 1.62. The summed E-state index contributed by atoms with van der Waals surface area (Å²) in [7, 11) is 0. The van der Waals surface area contributed by atoms with Crippen molar-refractivity contribution in [3.63, 3.8) is 0 Å². The molecule has 1 atom stereocenters. The zero-order chi connectivity index (χ0) is 7.03. The van der Waals surface area contributed by atoms with Gasteiger partial charge in [-0.05, 0) is 0 Å². The van der Waals surface area contributed by atoms with Gasteiger partial charge in [0, 0.05) is 0 Å². The van der Waals surface area contributed by atoms with Crippen molar-refractivity contribution < 1.29 is 4.65 Å². The van der Waals surface area contributed by atoms with Crippen molar-refractivity contribution in [3.05, 3.63) is 29.5 Å². The third-order valence-corrected chi connectivity index (χ3v) is 1.43. The summed E-state index contributed by atoms with van der Waals surface area (Å²) in [6.07, 6.45) is 7.25. The fourth-order valence-electron chi connectivity index (χ4n) is 0.871. The lowest BCUT2D eigenvalue weighted by molar-refractivity contribution is -0.670. The predicted molar refractivity (Wildman–Crippen MR) is 37.8 cm³/mol. The van der Waals surface area contributed by atoms with E-state index in [9.17, 15) is 5.21 Å². The maximum atomic E-state index is 11.4. The normalized spacial score (nSPS) is 34.3. The van der Waals surface area contributed by atoms with Gasteiger partial charge in [0.15, 0.2) is 12.0 Å². The molecule has 0 aliphatic carbocycles. The van der Waals surface area contributed by atoms with Crippen molar-refractivity contribution in [3.8, 4) is 0 Å². The molecule has 0 aromatic rings. The highest BCUT2D eigenvalue weighted by Crippen LogP contribution is 2.20. The minimum atomic E-state index is -0.594. The van der Waals surface area contributed by atoms with Crippen LogP contribution in [-0.4, -0.2) is 17.2 Å². The molecule has 4 heteroatoms. The van der Waals surface area contributed by atoms with E-state index < -0.39 is 4.65 Å². The molecule has 0 N–H and O–H groups in total. The summed E-state index contributed by atoms with van der Waals surface area (Å²) in [5.74, 6) is 0. The minimum Gasteiger partial charge on any atom is -0.616 e. The van der Waals surface area contributed by atoms with Gasteiger partial charge in [0.2, 0.25) is 0 Å². The monoisotopic (exact) mass is 135 g/mol. The van der Waals surface area contributed by atoms with Gasteiger partial charge in [-0.2, -0.15) is 0 Å². The maximum Gasteiger partial charge on any atom is 0.200 e. The molecule has 1 unspecified atom stereocenters. The lowest BCUT2D eigenvalue weighted by Crippen LogP contribution is -2.32. The third kappa shape index (κ3) is 0.570. The number of hydrogen-bond acceptors (Lipinski definition) is 3. The first-order chi connectivity index (χ1) is 4.81. The Bertz CT molecular complexity index is 277. The summed E-state index contributed by atoms with van der Waals surface area (Å²) in [5.41, 5.74) is 0.558. The fraction of sp³-hybridized carbons (Fsp3) is 0. The van der Waals surface area contributed by atoms with Crippen molar-refractivity contribution in [2.24, 2.45) is 9.98 Å². The molecule has 0 saturated carbocycles. The van der Waals surface area contributed by atoms with Crippen LogP contribution in [0.5, 0.6) is 0 Å². The van der Waals surface area contributed by atoms with Gasteiger partial charge in [-0.3, -0.25) is 9.64 Å². The van der Waals surface area contributed by atoms with Crippen LogP contribution in [0.1, 0.15) is 0 Å². The number of fused-ring (bicyclic) bond motifs is 1. The van der Waals surface area contributed by atoms with Gasteiger partial charge in [-0.15, -0.1) is 0 Å². The zero-order valence-corrected chi connectivity index (χ0v) is 5.14.